The van der Waals surface area contributed by atoms with Crippen LogP contribution in [0.25, 0.3) is 6.08 Å². The molecular weight excluding hydrogens is 302 g/mol. The third-order valence-electron chi connectivity index (χ3n) is 3.57. The van der Waals surface area contributed by atoms with E-state index < -0.39 is 0 Å². The summed E-state index contributed by atoms with van der Waals surface area (Å²) in [6.07, 6.45) is 3.26. The normalized spacial score (nSPS) is 10.7. The van der Waals surface area contributed by atoms with Crippen molar-refractivity contribution in [3.8, 4) is 11.5 Å². The molecule has 2 aromatic rings. The van der Waals surface area contributed by atoms with Crippen LogP contribution in [0.2, 0.25) is 0 Å². The fourth-order valence-corrected chi connectivity index (χ4v) is 2.28. The van der Waals surface area contributed by atoms with Crippen molar-refractivity contribution < 1.29 is 14.3 Å². The lowest BCUT2D eigenvalue weighted by molar-refractivity contribution is -0.111. The van der Waals surface area contributed by atoms with Crippen LogP contribution in [0.5, 0.6) is 11.5 Å². The number of hydrogen-bond donors (Lipinski definition) is 1. The number of benzene rings is 2. The van der Waals surface area contributed by atoms with Crippen molar-refractivity contribution in [3.05, 3.63) is 59.2 Å². The summed E-state index contributed by atoms with van der Waals surface area (Å²) in [7, 11) is 1.60. The molecule has 1 N–H and O–H groups in total. The molecule has 0 bridgehead atoms. The summed E-state index contributed by atoms with van der Waals surface area (Å²) in [5, 5.41) is 2.90. The third-order valence-corrected chi connectivity index (χ3v) is 3.57. The Bertz CT molecular complexity index is 751. The number of ether oxygens (including phenoxy) is 2. The van der Waals surface area contributed by atoms with E-state index >= 15 is 0 Å². The molecular formula is C20H23NO3. The molecule has 24 heavy (non-hydrogen) atoms. The molecule has 126 valence electrons. The zero-order valence-electron chi connectivity index (χ0n) is 14.6. The van der Waals surface area contributed by atoms with Crippen molar-refractivity contribution in [2.75, 3.05) is 19.0 Å². The Morgan fingerprint density at radius 1 is 1.12 bits per heavy atom. The SMILES string of the molecule is CCOc1ccc(/C=C/C(=O)Nc2cc(C)ccc2C)cc1OC. The van der Waals surface area contributed by atoms with Gasteiger partial charge in [0.25, 0.3) is 0 Å². The van der Waals surface area contributed by atoms with Gasteiger partial charge >= 0.3 is 0 Å². The molecule has 1 amide bonds. The highest BCUT2D eigenvalue weighted by molar-refractivity contribution is 6.02. The minimum Gasteiger partial charge on any atom is -0.493 e. The van der Waals surface area contributed by atoms with Crippen molar-refractivity contribution in [1.29, 1.82) is 0 Å². The third kappa shape index (κ3) is 4.62. The minimum atomic E-state index is -0.170. The fraction of sp³-hybridized carbons (Fsp3) is 0.250. The van der Waals surface area contributed by atoms with E-state index in [9.17, 15) is 4.79 Å². The van der Waals surface area contributed by atoms with Crippen LogP contribution in [0.3, 0.4) is 0 Å². The molecule has 0 unspecified atom stereocenters. The molecule has 2 aromatic carbocycles. The first-order valence-corrected chi connectivity index (χ1v) is 7.90. The van der Waals surface area contributed by atoms with Gasteiger partial charge in [-0.15, -0.1) is 0 Å². The Balaban J connectivity index is 2.09. The number of hydrogen-bond acceptors (Lipinski definition) is 3. The summed E-state index contributed by atoms with van der Waals surface area (Å²) >= 11 is 0. The van der Waals surface area contributed by atoms with Crippen molar-refractivity contribution in [3.63, 3.8) is 0 Å². The fourth-order valence-electron chi connectivity index (χ4n) is 2.28. The molecule has 0 aliphatic heterocycles. The maximum atomic E-state index is 12.1. The van der Waals surface area contributed by atoms with Crippen LogP contribution in [0.15, 0.2) is 42.5 Å². The van der Waals surface area contributed by atoms with E-state index in [1.807, 2.05) is 57.2 Å². The highest BCUT2D eigenvalue weighted by Crippen LogP contribution is 2.28. The van der Waals surface area contributed by atoms with Crippen LogP contribution in [-0.2, 0) is 4.79 Å². The van der Waals surface area contributed by atoms with Gasteiger partial charge in [0, 0.05) is 11.8 Å². The second kappa shape index (κ2) is 8.20. The number of methoxy groups -OCH3 is 1. The molecule has 0 aliphatic rings. The van der Waals surface area contributed by atoms with Crippen LogP contribution >= 0.6 is 0 Å². The molecule has 0 heterocycles. The summed E-state index contributed by atoms with van der Waals surface area (Å²) in [6, 6.07) is 11.5. The first-order chi connectivity index (χ1) is 11.5. The number of nitrogens with one attached hydrogen (secondary N) is 1. The standard InChI is InChI=1S/C20H23NO3/c1-5-24-18-10-8-16(13-19(18)23-4)9-11-20(22)21-17-12-14(2)6-7-15(17)3/h6-13H,5H2,1-4H3,(H,21,22)/b11-9+. The van der Waals surface area contributed by atoms with Gasteiger partial charge in [-0.2, -0.15) is 0 Å². The average molecular weight is 325 g/mol. The van der Waals surface area contributed by atoms with E-state index in [4.69, 9.17) is 9.47 Å². The van der Waals surface area contributed by atoms with Gasteiger partial charge in [-0.3, -0.25) is 4.79 Å². The molecule has 0 spiro atoms. The molecule has 0 aliphatic carbocycles. The molecule has 4 nitrogen and oxygen atoms in total. The Hall–Kier alpha value is -2.75. The average Bonchev–Trinajstić information content (AvgIpc) is 2.57. The summed E-state index contributed by atoms with van der Waals surface area (Å²) in [5.74, 6) is 1.17. The minimum absolute atomic E-state index is 0.170. The highest BCUT2D eigenvalue weighted by atomic mass is 16.5. The smallest absolute Gasteiger partial charge is 0.248 e. The molecule has 0 saturated carbocycles. The molecule has 2 rings (SSSR count). The first kappa shape index (κ1) is 17.6. The lowest BCUT2D eigenvalue weighted by Gasteiger charge is -2.09. The van der Waals surface area contributed by atoms with Gasteiger partial charge in [0.1, 0.15) is 0 Å². The number of amides is 1. The van der Waals surface area contributed by atoms with Crippen LogP contribution < -0.4 is 14.8 Å². The summed E-state index contributed by atoms with van der Waals surface area (Å²) in [4.78, 5) is 12.1. The Labute approximate surface area is 143 Å². The second-order valence-electron chi connectivity index (χ2n) is 5.48. The van der Waals surface area contributed by atoms with E-state index in [0.717, 1.165) is 22.4 Å². The lowest BCUT2D eigenvalue weighted by atomic mass is 10.1. The number of anilines is 1. The monoisotopic (exact) mass is 325 g/mol. The summed E-state index contributed by atoms with van der Waals surface area (Å²) in [5.41, 5.74) is 3.83. The van der Waals surface area contributed by atoms with Gasteiger partial charge in [0.05, 0.1) is 13.7 Å². The van der Waals surface area contributed by atoms with Crippen LogP contribution in [0.4, 0.5) is 5.69 Å². The van der Waals surface area contributed by atoms with Crippen molar-refractivity contribution in [2.45, 2.75) is 20.8 Å². The van der Waals surface area contributed by atoms with Crippen molar-refractivity contribution >= 4 is 17.7 Å². The zero-order valence-corrected chi connectivity index (χ0v) is 14.6. The molecule has 0 radical (unpaired) electrons. The van der Waals surface area contributed by atoms with Gasteiger partial charge in [-0.05, 0) is 61.7 Å². The number of rotatable bonds is 6. The predicted molar refractivity (Wildman–Crippen MR) is 97.7 cm³/mol. The molecule has 0 fully saturated rings. The maximum Gasteiger partial charge on any atom is 0.248 e. The van der Waals surface area contributed by atoms with Gasteiger partial charge < -0.3 is 14.8 Å². The summed E-state index contributed by atoms with van der Waals surface area (Å²) in [6.45, 7) is 6.46. The first-order valence-electron chi connectivity index (χ1n) is 7.90. The Morgan fingerprint density at radius 2 is 1.92 bits per heavy atom. The molecule has 0 atom stereocenters. The lowest BCUT2D eigenvalue weighted by Crippen LogP contribution is -2.09. The van der Waals surface area contributed by atoms with Crippen molar-refractivity contribution in [2.24, 2.45) is 0 Å². The second-order valence-corrected chi connectivity index (χ2v) is 5.48. The number of carbonyl (C=O) groups excluding carboxylic acids is 1. The van der Waals surface area contributed by atoms with Crippen LogP contribution in [-0.4, -0.2) is 19.6 Å². The maximum absolute atomic E-state index is 12.1. The molecule has 0 aromatic heterocycles. The van der Waals surface area contributed by atoms with E-state index in [-0.39, 0.29) is 5.91 Å². The largest absolute Gasteiger partial charge is 0.493 e. The molecule has 0 saturated heterocycles. The number of carbonyl (C=O) groups is 1. The topological polar surface area (TPSA) is 47.6 Å². The predicted octanol–water partition coefficient (Wildman–Crippen LogP) is 4.36. The van der Waals surface area contributed by atoms with E-state index in [1.54, 1.807) is 13.2 Å². The Kier molecular flexibility index (Phi) is 6.01. The van der Waals surface area contributed by atoms with E-state index in [0.29, 0.717) is 18.1 Å². The highest BCUT2D eigenvalue weighted by Gasteiger charge is 2.05. The van der Waals surface area contributed by atoms with Crippen LogP contribution in [0.1, 0.15) is 23.6 Å². The summed E-state index contributed by atoms with van der Waals surface area (Å²) < 4.78 is 10.8. The molecule has 4 heteroatoms. The van der Waals surface area contributed by atoms with Gasteiger partial charge in [0.15, 0.2) is 11.5 Å². The van der Waals surface area contributed by atoms with Gasteiger partial charge in [-0.1, -0.05) is 18.2 Å². The quantitative estimate of drug-likeness (QED) is 0.803. The Morgan fingerprint density at radius 3 is 2.62 bits per heavy atom. The van der Waals surface area contributed by atoms with Crippen LogP contribution in [0, 0.1) is 13.8 Å². The van der Waals surface area contributed by atoms with E-state index in [2.05, 4.69) is 5.32 Å². The van der Waals surface area contributed by atoms with E-state index in [1.165, 1.54) is 6.08 Å². The van der Waals surface area contributed by atoms with Crippen molar-refractivity contribution in [1.82, 2.24) is 0 Å². The van der Waals surface area contributed by atoms with Gasteiger partial charge in [-0.25, -0.2) is 0 Å². The number of aryl methyl sites for hydroxylation is 2. The van der Waals surface area contributed by atoms with Gasteiger partial charge in [0.2, 0.25) is 5.91 Å². The zero-order chi connectivity index (χ0) is 17.5.